The maximum absolute atomic E-state index is 13.3. The quantitative estimate of drug-likeness (QED) is 0.463. The highest BCUT2D eigenvalue weighted by Crippen LogP contribution is 2.32. The van der Waals surface area contributed by atoms with Crippen LogP contribution in [0.3, 0.4) is 0 Å². The van der Waals surface area contributed by atoms with Crippen molar-refractivity contribution in [1.29, 1.82) is 0 Å². The molecule has 0 unspecified atom stereocenters. The molecule has 0 aliphatic heterocycles. The lowest BCUT2D eigenvalue weighted by Gasteiger charge is -2.08. The first-order valence-electron chi connectivity index (χ1n) is 9.68. The fraction of sp³-hybridized carbons (Fsp3) is 0.217. The monoisotopic (exact) mass is 389 g/mol. The van der Waals surface area contributed by atoms with Crippen LogP contribution in [0.15, 0.2) is 65.5 Å². The fourth-order valence-corrected chi connectivity index (χ4v) is 3.63. The van der Waals surface area contributed by atoms with Crippen LogP contribution in [0.4, 0.5) is 4.39 Å². The van der Waals surface area contributed by atoms with Gasteiger partial charge in [0.25, 0.3) is 0 Å². The summed E-state index contributed by atoms with van der Waals surface area (Å²) in [4.78, 5) is 16.4. The Labute approximate surface area is 167 Å². The zero-order valence-electron chi connectivity index (χ0n) is 16.0. The number of ether oxygens (including phenoxy) is 1. The van der Waals surface area contributed by atoms with Crippen molar-refractivity contribution in [1.82, 2.24) is 14.1 Å². The molecule has 1 aliphatic rings. The molecule has 0 saturated heterocycles. The third kappa shape index (κ3) is 3.42. The SMILES string of the molecule is Cn1c(=O)n(CC2CC2)c2ccc(-c3cccc(Oc4cccc(F)n4)c3)cc21. The van der Waals surface area contributed by atoms with E-state index >= 15 is 0 Å². The minimum absolute atomic E-state index is 0.0262. The number of rotatable bonds is 5. The minimum atomic E-state index is -0.583. The van der Waals surface area contributed by atoms with Gasteiger partial charge in [0.15, 0.2) is 0 Å². The summed E-state index contributed by atoms with van der Waals surface area (Å²) in [5.41, 5.74) is 3.83. The Morgan fingerprint density at radius 3 is 2.62 bits per heavy atom. The molecule has 0 amide bonds. The zero-order valence-corrected chi connectivity index (χ0v) is 16.0. The molecule has 0 bridgehead atoms. The molecule has 1 saturated carbocycles. The Balaban J connectivity index is 1.50. The third-order valence-corrected chi connectivity index (χ3v) is 5.36. The number of benzene rings is 2. The van der Waals surface area contributed by atoms with Crippen LogP contribution in [0.1, 0.15) is 12.8 Å². The lowest BCUT2D eigenvalue weighted by molar-refractivity contribution is 0.445. The Bertz CT molecular complexity index is 1270. The van der Waals surface area contributed by atoms with E-state index in [2.05, 4.69) is 4.98 Å². The number of hydrogen-bond acceptors (Lipinski definition) is 3. The molecule has 0 spiro atoms. The maximum atomic E-state index is 13.3. The van der Waals surface area contributed by atoms with E-state index in [1.807, 2.05) is 48.0 Å². The largest absolute Gasteiger partial charge is 0.439 e. The summed E-state index contributed by atoms with van der Waals surface area (Å²) < 4.78 is 22.6. The van der Waals surface area contributed by atoms with E-state index in [4.69, 9.17) is 4.74 Å². The molecular weight excluding hydrogens is 369 g/mol. The molecule has 5 rings (SSSR count). The van der Waals surface area contributed by atoms with Gasteiger partial charge in [-0.3, -0.25) is 9.13 Å². The van der Waals surface area contributed by atoms with Crippen molar-refractivity contribution in [3.63, 3.8) is 0 Å². The third-order valence-electron chi connectivity index (χ3n) is 5.36. The van der Waals surface area contributed by atoms with Gasteiger partial charge in [-0.1, -0.05) is 24.3 Å². The fourth-order valence-electron chi connectivity index (χ4n) is 3.63. The summed E-state index contributed by atoms with van der Waals surface area (Å²) in [6, 6.07) is 18.0. The first-order chi connectivity index (χ1) is 14.1. The highest BCUT2D eigenvalue weighted by molar-refractivity contribution is 5.83. The average Bonchev–Trinajstić information content (AvgIpc) is 3.51. The summed E-state index contributed by atoms with van der Waals surface area (Å²) in [6.45, 7) is 0.791. The normalized spacial score (nSPS) is 13.7. The first kappa shape index (κ1) is 17.7. The first-order valence-corrected chi connectivity index (χ1v) is 9.68. The molecule has 2 aromatic carbocycles. The lowest BCUT2D eigenvalue weighted by atomic mass is 10.0. The summed E-state index contributed by atoms with van der Waals surface area (Å²) in [5, 5.41) is 0. The van der Waals surface area contributed by atoms with E-state index in [-0.39, 0.29) is 11.6 Å². The number of hydrogen-bond donors (Lipinski definition) is 0. The number of halogens is 1. The molecule has 0 N–H and O–H groups in total. The van der Waals surface area contributed by atoms with Gasteiger partial charge in [0.2, 0.25) is 11.8 Å². The van der Waals surface area contributed by atoms with Crippen LogP contribution >= 0.6 is 0 Å². The molecule has 29 heavy (non-hydrogen) atoms. The molecule has 0 radical (unpaired) electrons. The average molecular weight is 389 g/mol. The van der Waals surface area contributed by atoms with E-state index in [9.17, 15) is 9.18 Å². The lowest BCUT2D eigenvalue weighted by Crippen LogP contribution is -2.22. The molecule has 2 aromatic heterocycles. The van der Waals surface area contributed by atoms with Gasteiger partial charge in [0.05, 0.1) is 11.0 Å². The second-order valence-corrected chi connectivity index (χ2v) is 7.53. The molecule has 4 aromatic rings. The van der Waals surface area contributed by atoms with Crippen molar-refractivity contribution in [2.24, 2.45) is 13.0 Å². The molecule has 1 aliphatic carbocycles. The number of pyridine rings is 1. The van der Waals surface area contributed by atoms with Crippen molar-refractivity contribution < 1.29 is 9.13 Å². The van der Waals surface area contributed by atoms with E-state index in [0.29, 0.717) is 11.7 Å². The number of fused-ring (bicyclic) bond motifs is 1. The topological polar surface area (TPSA) is 49.0 Å². The van der Waals surface area contributed by atoms with Crippen LogP contribution in [0, 0.1) is 11.9 Å². The molecule has 6 heteroatoms. The van der Waals surface area contributed by atoms with Gasteiger partial charge in [0, 0.05) is 19.7 Å². The Morgan fingerprint density at radius 2 is 1.83 bits per heavy atom. The van der Waals surface area contributed by atoms with Gasteiger partial charge in [-0.15, -0.1) is 0 Å². The second-order valence-electron chi connectivity index (χ2n) is 7.53. The molecule has 0 atom stereocenters. The molecule has 5 nitrogen and oxygen atoms in total. The number of nitrogens with zero attached hydrogens (tertiary/aromatic N) is 3. The maximum Gasteiger partial charge on any atom is 0.328 e. The zero-order chi connectivity index (χ0) is 20.0. The van der Waals surface area contributed by atoms with E-state index in [1.54, 1.807) is 22.8 Å². The smallest absolute Gasteiger partial charge is 0.328 e. The summed E-state index contributed by atoms with van der Waals surface area (Å²) in [6.07, 6.45) is 2.40. The summed E-state index contributed by atoms with van der Waals surface area (Å²) >= 11 is 0. The van der Waals surface area contributed by atoms with Crippen LogP contribution in [0.5, 0.6) is 11.6 Å². The minimum Gasteiger partial charge on any atom is -0.439 e. The molecular formula is C23H20FN3O2. The van der Waals surface area contributed by atoms with E-state index < -0.39 is 5.95 Å². The van der Waals surface area contributed by atoms with Crippen molar-refractivity contribution >= 4 is 11.0 Å². The van der Waals surface area contributed by atoms with E-state index in [1.165, 1.54) is 18.9 Å². The van der Waals surface area contributed by atoms with Crippen LogP contribution in [0.2, 0.25) is 0 Å². The van der Waals surface area contributed by atoms with Gasteiger partial charge in [0.1, 0.15) is 5.75 Å². The Hall–Kier alpha value is -3.41. The van der Waals surface area contributed by atoms with Gasteiger partial charge in [-0.25, -0.2) is 4.79 Å². The summed E-state index contributed by atoms with van der Waals surface area (Å²) in [7, 11) is 1.81. The Morgan fingerprint density at radius 1 is 1.03 bits per heavy atom. The molecule has 1 fully saturated rings. The highest BCUT2D eigenvalue weighted by Gasteiger charge is 2.24. The van der Waals surface area contributed by atoms with Crippen molar-refractivity contribution in [2.45, 2.75) is 19.4 Å². The second kappa shape index (κ2) is 6.88. The molecule has 146 valence electrons. The predicted octanol–water partition coefficient (Wildman–Crippen LogP) is 4.74. The number of imidazole rings is 1. The van der Waals surface area contributed by atoms with Gasteiger partial charge in [-0.05, 0) is 60.2 Å². The number of aromatic nitrogens is 3. The van der Waals surface area contributed by atoms with Gasteiger partial charge in [-0.2, -0.15) is 9.37 Å². The highest BCUT2D eigenvalue weighted by atomic mass is 19.1. The van der Waals surface area contributed by atoms with Crippen LogP contribution in [0.25, 0.3) is 22.2 Å². The summed E-state index contributed by atoms with van der Waals surface area (Å²) in [5.74, 6) is 0.821. The predicted molar refractivity (Wildman–Crippen MR) is 110 cm³/mol. The standard InChI is InChI=1S/C23H20FN3O2/c1-26-20-13-17(10-11-19(20)27(23(26)28)14-15-8-9-15)16-4-2-5-18(12-16)29-22-7-3-6-21(24)25-22/h2-7,10-13,15H,8-9,14H2,1H3. The van der Waals surface area contributed by atoms with Gasteiger partial charge >= 0.3 is 5.69 Å². The van der Waals surface area contributed by atoms with Crippen LogP contribution in [-0.4, -0.2) is 14.1 Å². The van der Waals surface area contributed by atoms with Gasteiger partial charge < -0.3 is 4.74 Å². The van der Waals surface area contributed by atoms with Crippen molar-refractivity contribution in [3.8, 4) is 22.8 Å². The van der Waals surface area contributed by atoms with Crippen LogP contribution in [-0.2, 0) is 13.6 Å². The van der Waals surface area contributed by atoms with E-state index in [0.717, 1.165) is 28.7 Å². The number of aryl methyl sites for hydroxylation is 1. The van der Waals surface area contributed by atoms with Crippen molar-refractivity contribution in [2.75, 3.05) is 0 Å². The van der Waals surface area contributed by atoms with Crippen LogP contribution < -0.4 is 10.4 Å². The van der Waals surface area contributed by atoms with Crippen molar-refractivity contribution in [3.05, 3.63) is 77.1 Å². The molecule has 2 heterocycles. The Kier molecular flexibility index (Phi) is 4.19.